The quantitative estimate of drug-likeness (QED) is 0.649. The minimum Gasteiger partial charge on any atom is -0.337 e. The molecule has 1 amide bonds. The molecular weight excluding hydrogens is 450 g/mol. The average molecular weight is 466 g/mol. The molecular formula is C18H16BrN3O3S2. The van der Waals surface area contributed by atoms with E-state index in [-0.39, 0.29) is 29.5 Å². The van der Waals surface area contributed by atoms with Crippen molar-refractivity contribution in [1.82, 2.24) is 9.21 Å². The first-order valence-corrected chi connectivity index (χ1v) is 11.2. The van der Waals surface area contributed by atoms with Crippen LogP contribution in [0.3, 0.4) is 0 Å². The maximum atomic E-state index is 12.8. The molecule has 0 radical (unpaired) electrons. The third-order valence-corrected chi connectivity index (χ3v) is 7.71. The minimum atomic E-state index is -3.76. The number of hydrogen-bond acceptors (Lipinski definition) is 5. The Kier molecular flexibility index (Phi) is 6.11. The molecule has 0 aliphatic carbocycles. The number of benzene rings is 1. The molecule has 1 saturated heterocycles. The minimum absolute atomic E-state index is 0.00967. The van der Waals surface area contributed by atoms with Gasteiger partial charge in [0.1, 0.15) is 6.07 Å². The Morgan fingerprint density at radius 3 is 2.48 bits per heavy atom. The lowest BCUT2D eigenvalue weighted by Gasteiger charge is -2.33. The van der Waals surface area contributed by atoms with Crippen LogP contribution in [0.5, 0.6) is 0 Å². The molecule has 1 aromatic heterocycles. The summed E-state index contributed by atoms with van der Waals surface area (Å²) in [7, 11) is -3.76. The molecule has 0 atom stereocenters. The standard InChI is InChI=1S/C18H16BrN3O3S2/c19-17-7-5-15(26-17)6-8-18(23)21-9-11-22(12-10-21)27(24,25)16-4-2-1-3-14(16)13-20/h1-8H,9-12H2/b8-6+. The van der Waals surface area contributed by atoms with Crippen LogP contribution < -0.4 is 0 Å². The lowest BCUT2D eigenvalue weighted by Crippen LogP contribution is -2.50. The van der Waals surface area contributed by atoms with Crippen molar-refractivity contribution < 1.29 is 13.2 Å². The molecule has 1 aliphatic heterocycles. The number of carbonyl (C=O) groups is 1. The predicted molar refractivity (Wildman–Crippen MR) is 108 cm³/mol. The van der Waals surface area contributed by atoms with Gasteiger partial charge in [-0.1, -0.05) is 12.1 Å². The number of rotatable bonds is 4. The SMILES string of the molecule is N#Cc1ccccc1S(=O)(=O)N1CCN(C(=O)/C=C/c2ccc(Br)s2)CC1. The number of amides is 1. The van der Waals surface area contributed by atoms with E-state index in [0.717, 1.165) is 8.66 Å². The normalized spacial score (nSPS) is 15.8. The second-order valence-corrected chi connectivity index (χ2v) is 10.2. The van der Waals surface area contributed by atoms with Gasteiger partial charge in [-0.05, 0) is 46.3 Å². The van der Waals surface area contributed by atoms with Crippen molar-refractivity contribution in [2.75, 3.05) is 26.2 Å². The summed E-state index contributed by atoms with van der Waals surface area (Å²) in [6.45, 7) is 1.02. The number of nitrogens with zero attached hydrogens (tertiary/aromatic N) is 3. The van der Waals surface area contributed by atoms with Gasteiger partial charge in [0.05, 0.1) is 14.2 Å². The molecule has 1 aliphatic rings. The molecule has 0 saturated carbocycles. The Balaban J connectivity index is 1.65. The van der Waals surface area contributed by atoms with Crippen LogP contribution in [0.4, 0.5) is 0 Å². The number of piperazine rings is 1. The lowest BCUT2D eigenvalue weighted by molar-refractivity contribution is -0.127. The zero-order valence-electron chi connectivity index (χ0n) is 14.2. The molecule has 2 heterocycles. The van der Waals surface area contributed by atoms with E-state index < -0.39 is 10.0 Å². The second-order valence-electron chi connectivity index (χ2n) is 5.81. The van der Waals surface area contributed by atoms with E-state index in [1.807, 2.05) is 18.2 Å². The number of carbonyl (C=O) groups excluding carboxylic acids is 1. The van der Waals surface area contributed by atoms with E-state index in [9.17, 15) is 13.2 Å². The van der Waals surface area contributed by atoms with E-state index in [1.165, 1.54) is 33.9 Å². The molecule has 9 heteroatoms. The predicted octanol–water partition coefficient (Wildman–Crippen LogP) is 2.93. The van der Waals surface area contributed by atoms with Crippen molar-refractivity contribution in [3.8, 4) is 6.07 Å². The van der Waals surface area contributed by atoms with Crippen molar-refractivity contribution in [1.29, 1.82) is 5.26 Å². The molecule has 6 nitrogen and oxygen atoms in total. The van der Waals surface area contributed by atoms with Gasteiger partial charge in [-0.3, -0.25) is 4.79 Å². The van der Waals surface area contributed by atoms with E-state index in [2.05, 4.69) is 15.9 Å². The smallest absolute Gasteiger partial charge is 0.246 e. The molecule has 140 valence electrons. The van der Waals surface area contributed by atoms with Crippen LogP contribution >= 0.6 is 27.3 Å². The number of nitriles is 1. The Morgan fingerprint density at radius 2 is 1.85 bits per heavy atom. The third-order valence-electron chi connectivity index (χ3n) is 4.16. The Morgan fingerprint density at radius 1 is 1.15 bits per heavy atom. The highest BCUT2D eigenvalue weighted by Crippen LogP contribution is 2.23. The first-order valence-electron chi connectivity index (χ1n) is 8.13. The Bertz CT molecular complexity index is 1020. The van der Waals surface area contributed by atoms with E-state index in [1.54, 1.807) is 23.1 Å². The summed E-state index contributed by atoms with van der Waals surface area (Å²) in [4.78, 5) is 14.9. The van der Waals surface area contributed by atoms with Gasteiger partial charge in [-0.25, -0.2) is 8.42 Å². The number of thiophene rings is 1. The van der Waals surface area contributed by atoms with Crippen molar-refractivity contribution in [2.24, 2.45) is 0 Å². The number of halogens is 1. The molecule has 0 N–H and O–H groups in total. The summed E-state index contributed by atoms with van der Waals surface area (Å²) < 4.78 is 27.9. The van der Waals surface area contributed by atoms with Crippen LogP contribution in [0.2, 0.25) is 0 Å². The fraction of sp³-hybridized carbons (Fsp3) is 0.222. The molecule has 0 unspecified atom stereocenters. The highest BCUT2D eigenvalue weighted by atomic mass is 79.9. The molecule has 2 aromatic rings. The molecule has 1 fully saturated rings. The van der Waals surface area contributed by atoms with Crippen molar-refractivity contribution in [2.45, 2.75) is 4.90 Å². The zero-order valence-corrected chi connectivity index (χ0v) is 17.4. The van der Waals surface area contributed by atoms with Gasteiger partial charge in [0.25, 0.3) is 0 Å². The van der Waals surface area contributed by atoms with Gasteiger partial charge in [0.2, 0.25) is 15.9 Å². The van der Waals surface area contributed by atoms with Crippen molar-refractivity contribution in [3.63, 3.8) is 0 Å². The summed E-state index contributed by atoms with van der Waals surface area (Å²) in [5.41, 5.74) is 0.126. The highest BCUT2D eigenvalue weighted by Gasteiger charge is 2.31. The van der Waals surface area contributed by atoms with Crippen LogP contribution in [0.25, 0.3) is 6.08 Å². The first kappa shape index (κ1) is 19.8. The van der Waals surface area contributed by atoms with Crippen LogP contribution in [-0.4, -0.2) is 49.7 Å². The fourth-order valence-electron chi connectivity index (χ4n) is 2.75. The van der Waals surface area contributed by atoms with Gasteiger partial charge in [-0.2, -0.15) is 9.57 Å². The van der Waals surface area contributed by atoms with E-state index >= 15 is 0 Å². The average Bonchev–Trinajstić information content (AvgIpc) is 3.11. The van der Waals surface area contributed by atoms with E-state index in [4.69, 9.17) is 5.26 Å². The Labute approximate surface area is 170 Å². The van der Waals surface area contributed by atoms with Gasteiger partial charge < -0.3 is 4.90 Å². The van der Waals surface area contributed by atoms with Gasteiger partial charge in [-0.15, -0.1) is 11.3 Å². The number of hydrogen-bond donors (Lipinski definition) is 0. The molecule has 3 rings (SSSR count). The van der Waals surface area contributed by atoms with Crippen molar-refractivity contribution in [3.05, 3.63) is 56.7 Å². The maximum Gasteiger partial charge on any atom is 0.246 e. The first-order chi connectivity index (χ1) is 12.9. The molecule has 27 heavy (non-hydrogen) atoms. The van der Waals surface area contributed by atoms with E-state index in [0.29, 0.717) is 13.1 Å². The van der Waals surface area contributed by atoms with Crippen LogP contribution in [-0.2, 0) is 14.8 Å². The molecule has 1 aromatic carbocycles. The summed E-state index contributed by atoms with van der Waals surface area (Å²) in [6.07, 6.45) is 3.26. The summed E-state index contributed by atoms with van der Waals surface area (Å²) in [6, 6.07) is 11.9. The largest absolute Gasteiger partial charge is 0.337 e. The monoisotopic (exact) mass is 465 g/mol. The number of sulfonamides is 1. The van der Waals surface area contributed by atoms with Crippen LogP contribution in [0.1, 0.15) is 10.4 Å². The van der Waals surface area contributed by atoms with Gasteiger partial charge in [0.15, 0.2) is 0 Å². The third kappa shape index (κ3) is 4.47. The van der Waals surface area contributed by atoms with Crippen LogP contribution in [0, 0.1) is 11.3 Å². The summed E-state index contributed by atoms with van der Waals surface area (Å²) in [5, 5.41) is 9.15. The van der Waals surface area contributed by atoms with Crippen molar-refractivity contribution >= 4 is 49.3 Å². The maximum absolute atomic E-state index is 12.8. The van der Waals surface area contributed by atoms with Crippen LogP contribution in [0.15, 0.2) is 51.2 Å². The fourth-order valence-corrected chi connectivity index (χ4v) is 5.64. The molecule has 0 bridgehead atoms. The topological polar surface area (TPSA) is 81.5 Å². The second kappa shape index (κ2) is 8.35. The highest BCUT2D eigenvalue weighted by molar-refractivity contribution is 9.11. The van der Waals surface area contributed by atoms with Gasteiger partial charge >= 0.3 is 0 Å². The zero-order chi connectivity index (χ0) is 19.4. The Hall–Kier alpha value is -1.99. The van der Waals surface area contributed by atoms with Gasteiger partial charge in [0, 0.05) is 37.1 Å². The lowest BCUT2D eigenvalue weighted by atomic mass is 10.2. The molecule has 0 spiro atoms. The summed E-state index contributed by atoms with van der Waals surface area (Å²) >= 11 is 4.90. The summed E-state index contributed by atoms with van der Waals surface area (Å²) in [5.74, 6) is -0.144.